The first kappa shape index (κ1) is 16.1. The SMILES string of the molecule is CNC(C)(C#N)CCCOc1c(OC)cccc1OC. The first-order valence-corrected chi connectivity index (χ1v) is 6.54. The molecule has 20 heavy (non-hydrogen) atoms. The van der Waals surface area contributed by atoms with Gasteiger partial charge in [0.15, 0.2) is 11.5 Å². The van der Waals surface area contributed by atoms with Crippen LogP contribution in [0.15, 0.2) is 18.2 Å². The Morgan fingerprint density at radius 3 is 2.30 bits per heavy atom. The highest BCUT2D eigenvalue weighted by Crippen LogP contribution is 2.36. The fraction of sp³-hybridized carbons (Fsp3) is 0.533. The number of rotatable bonds is 8. The van der Waals surface area contributed by atoms with E-state index in [-0.39, 0.29) is 0 Å². The molecule has 1 rings (SSSR count). The third-order valence-electron chi connectivity index (χ3n) is 3.25. The van der Waals surface area contributed by atoms with Gasteiger partial charge in [0, 0.05) is 0 Å². The second kappa shape index (κ2) is 7.61. The van der Waals surface area contributed by atoms with Crippen molar-refractivity contribution in [3.05, 3.63) is 18.2 Å². The lowest BCUT2D eigenvalue weighted by molar-refractivity contribution is 0.258. The van der Waals surface area contributed by atoms with Gasteiger partial charge in [-0.25, -0.2) is 0 Å². The van der Waals surface area contributed by atoms with Crippen LogP contribution in [0.2, 0.25) is 0 Å². The van der Waals surface area contributed by atoms with Gasteiger partial charge in [-0.05, 0) is 38.9 Å². The maximum Gasteiger partial charge on any atom is 0.203 e. The Morgan fingerprint density at radius 2 is 1.85 bits per heavy atom. The van der Waals surface area contributed by atoms with Crippen LogP contribution in [0.3, 0.4) is 0 Å². The molecule has 0 amide bonds. The summed E-state index contributed by atoms with van der Waals surface area (Å²) in [7, 11) is 4.97. The number of nitrogens with one attached hydrogen (secondary N) is 1. The monoisotopic (exact) mass is 278 g/mol. The summed E-state index contributed by atoms with van der Waals surface area (Å²) >= 11 is 0. The zero-order valence-corrected chi connectivity index (χ0v) is 12.5. The van der Waals surface area contributed by atoms with Crippen molar-refractivity contribution in [1.29, 1.82) is 5.26 Å². The predicted molar refractivity (Wildman–Crippen MR) is 77.4 cm³/mol. The van der Waals surface area contributed by atoms with Crippen LogP contribution in [0, 0.1) is 11.3 Å². The zero-order valence-electron chi connectivity index (χ0n) is 12.5. The summed E-state index contributed by atoms with van der Waals surface area (Å²) in [6.07, 6.45) is 1.46. The minimum absolute atomic E-state index is 0.496. The molecule has 0 aliphatic carbocycles. The predicted octanol–water partition coefficient (Wildman–Crippen LogP) is 2.36. The Hall–Kier alpha value is -1.93. The van der Waals surface area contributed by atoms with E-state index in [1.165, 1.54) is 0 Å². The molecule has 1 atom stereocenters. The van der Waals surface area contributed by atoms with Crippen molar-refractivity contribution >= 4 is 0 Å². The van der Waals surface area contributed by atoms with Gasteiger partial charge in [-0.2, -0.15) is 5.26 Å². The molecule has 1 aromatic carbocycles. The van der Waals surface area contributed by atoms with Crippen LogP contribution in [0.25, 0.3) is 0 Å². The Bertz CT molecular complexity index is 448. The van der Waals surface area contributed by atoms with E-state index >= 15 is 0 Å². The van der Waals surface area contributed by atoms with Crippen molar-refractivity contribution < 1.29 is 14.2 Å². The van der Waals surface area contributed by atoms with E-state index in [1.54, 1.807) is 21.3 Å². The number of ether oxygens (including phenoxy) is 3. The summed E-state index contributed by atoms with van der Waals surface area (Å²) in [5.74, 6) is 1.88. The molecule has 0 heterocycles. The van der Waals surface area contributed by atoms with Gasteiger partial charge in [-0.1, -0.05) is 6.07 Å². The maximum absolute atomic E-state index is 9.07. The number of hydrogen-bond donors (Lipinski definition) is 1. The number of para-hydroxylation sites is 1. The van der Waals surface area contributed by atoms with E-state index in [1.807, 2.05) is 25.1 Å². The van der Waals surface area contributed by atoms with E-state index < -0.39 is 5.54 Å². The number of nitrogens with zero attached hydrogens (tertiary/aromatic N) is 1. The zero-order chi connectivity index (χ0) is 15.0. The standard InChI is InChI=1S/C15H22N2O3/c1-15(11-16,17-2)9-6-10-20-14-12(18-3)7-5-8-13(14)19-4/h5,7-8,17H,6,9-10H2,1-4H3. The second-order valence-electron chi connectivity index (χ2n) is 4.64. The fourth-order valence-electron chi connectivity index (χ4n) is 1.80. The molecule has 0 fully saturated rings. The molecule has 0 radical (unpaired) electrons. The largest absolute Gasteiger partial charge is 0.493 e. The molecule has 110 valence electrons. The summed E-state index contributed by atoms with van der Waals surface area (Å²) in [5, 5.41) is 12.1. The molecular formula is C15H22N2O3. The molecule has 0 spiro atoms. The molecule has 5 heteroatoms. The van der Waals surface area contributed by atoms with Crippen LogP contribution < -0.4 is 19.5 Å². The molecule has 1 aromatic rings. The average Bonchev–Trinajstić information content (AvgIpc) is 2.50. The molecular weight excluding hydrogens is 256 g/mol. The minimum Gasteiger partial charge on any atom is -0.493 e. The highest BCUT2D eigenvalue weighted by molar-refractivity contribution is 5.51. The van der Waals surface area contributed by atoms with Gasteiger partial charge in [-0.3, -0.25) is 0 Å². The molecule has 0 saturated heterocycles. The van der Waals surface area contributed by atoms with Crippen molar-refractivity contribution in [3.63, 3.8) is 0 Å². The summed E-state index contributed by atoms with van der Waals surface area (Å²) in [6, 6.07) is 7.75. The Morgan fingerprint density at radius 1 is 1.25 bits per heavy atom. The third-order valence-corrected chi connectivity index (χ3v) is 3.25. The summed E-state index contributed by atoms with van der Waals surface area (Å²) in [6.45, 7) is 2.37. The van der Waals surface area contributed by atoms with Crippen molar-refractivity contribution in [2.24, 2.45) is 0 Å². The molecule has 1 N–H and O–H groups in total. The van der Waals surface area contributed by atoms with E-state index in [0.29, 0.717) is 30.3 Å². The van der Waals surface area contributed by atoms with E-state index in [4.69, 9.17) is 19.5 Å². The van der Waals surface area contributed by atoms with Gasteiger partial charge in [0.1, 0.15) is 5.54 Å². The summed E-state index contributed by atoms with van der Waals surface area (Å²) in [4.78, 5) is 0. The Kier molecular flexibility index (Phi) is 6.13. The molecule has 5 nitrogen and oxygen atoms in total. The van der Waals surface area contributed by atoms with E-state index in [9.17, 15) is 0 Å². The normalized spacial score (nSPS) is 13.2. The highest BCUT2D eigenvalue weighted by Gasteiger charge is 2.20. The van der Waals surface area contributed by atoms with Crippen LogP contribution in [0.4, 0.5) is 0 Å². The quantitative estimate of drug-likeness (QED) is 0.740. The highest BCUT2D eigenvalue weighted by atomic mass is 16.5. The van der Waals surface area contributed by atoms with Gasteiger partial charge in [0.25, 0.3) is 0 Å². The lowest BCUT2D eigenvalue weighted by atomic mass is 9.98. The Labute approximate surface area is 120 Å². The topological polar surface area (TPSA) is 63.5 Å². The maximum atomic E-state index is 9.07. The lowest BCUT2D eigenvalue weighted by Gasteiger charge is -2.20. The molecule has 1 unspecified atom stereocenters. The number of benzene rings is 1. The smallest absolute Gasteiger partial charge is 0.203 e. The summed E-state index contributed by atoms with van der Waals surface area (Å²) in [5.41, 5.74) is -0.520. The van der Waals surface area contributed by atoms with Crippen LogP contribution in [-0.4, -0.2) is 33.4 Å². The van der Waals surface area contributed by atoms with Crippen LogP contribution >= 0.6 is 0 Å². The second-order valence-corrected chi connectivity index (χ2v) is 4.64. The number of methoxy groups -OCH3 is 2. The van der Waals surface area contributed by atoms with Crippen LogP contribution in [0.1, 0.15) is 19.8 Å². The first-order chi connectivity index (χ1) is 9.60. The van der Waals surface area contributed by atoms with E-state index in [0.717, 1.165) is 6.42 Å². The van der Waals surface area contributed by atoms with Gasteiger partial charge < -0.3 is 19.5 Å². The summed E-state index contributed by atoms with van der Waals surface area (Å²) < 4.78 is 16.3. The Balaban J connectivity index is 2.60. The van der Waals surface area contributed by atoms with Gasteiger partial charge in [0.05, 0.1) is 26.9 Å². The molecule has 0 aliphatic rings. The van der Waals surface area contributed by atoms with Gasteiger partial charge >= 0.3 is 0 Å². The average molecular weight is 278 g/mol. The van der Waals surface area contributed by atoms with Crippen molar-refractivity contribution in [1.82, 2.24) is 5.32 Å². The van der Waals surface area contributed by atoms with Crippen LogP contribution in [0.5, 0.6) is 17.2 Å². The lowest BCUT2D eigenvalue weighted by Crippen LogP contribution is -2.38. The van der Waals surface area contributed by atoms with Crippen LogP contribution in [-0.2, 0) is 0 Å². The van der Waals surface area contributed by atoms with Gasteiger partial charge in [-0.15, -0.1) is 0 Å². The minimum atomic E-state index is -0.520. The number of hydrogen-bond acceptors (Lipinski definition) is 5. The molecule has 0 aromatic heterocycles. The number of nitriles is 1. The van der Waals surface area contributed by atoms with E-state index in [2.05, 4.69) is 11.4 Å². The third kappa shape index (κ3) is 4.04. The fourth-order valence-corrected chi connectivity index (χ4v) is 1.80. The van der Waals surface area contributed by atoms with Crippen molar-refractivity contribution in [2.75, 3.05) is 27.9 Å². The molecule has 0 bridgehead atoms. The van der Waals surface area contributed by atoms with Crippen molar-refractivity contribution in [2.45, 2.75) is 25.3 Å². The molecule has 0 saturated carbocycles. The van der Waals surface area contributed by atoms with Crippen molar-refractivity contribution in [3.8, 4) is 23.3 Å². The molecule has 0 aliphatic heterocycles. The van der Waals surface area contributed by atoms with Gasteiger partial charge in [0.2, 0.25) is 5.75 Å². The first-order valence-electron chi connectivity index (χ1n) is 6.54.